The van der Waals surface area contributed by atoms with Crippen LogP contribution in [0.4, 0.5) is 10.1 Å². The summed E-state index contributed by atoms with van der Waals surface area (Å²) in [5.74, 6) is -0.835. The van der Waals surface area contributed by atoms with E-state index in [4.69, 9.17) is 4.52 Å². The third kappa shape index (κ3) is 2.81. The zero-order valence-electron chi connectivity index (χ0n) is 14.0. The Bertz CT molecular complexity index is 1130. The topological polar surface area (TPSA) is 85.8 Å². The largest absolute Gasteiger partial charge is 0.350 e. The van der Waals surface area contributed by atoms with E-state index in [1.807, 2.05) is 14.0 Å². The van der Waals surface area contributed by atoms with Gasteiger partial charge in [-0.2, -0.15) is 5.10 Å². The highest BCUT2D eigenvalue weighted by Gasteiger charge is 2.16. The molecule has 0 fully saturated rings. The first kappa shape index (κ1) is 15.9. The zero-order valence-corrected chi connectivity index (χ0v) is 14.0. The predicted octanol–water partition coefficient (Wildman–Crippen LogP) is 3.32. The van der Waals surface area contributed by atoms with E-state index in [9.17, 15) is 9.18 Å². The summed E-state index contributed by atoms with van der Waals surface area (Å²) < 4.78 is 20.1. The number of pyridine rings is 1. The molecule has 0 bridgehead atoms. The predicted molar refractivity (Wildman–Crippen MR) is 93.1 cm³/mol. The van der Waals surface area contributed by atoms with Crippen molar-refractivity contribution in [3.8, 4) is 11.3 Å². The van der Waals surface area contributed by atoms with E-state index >= 15 is 0 Å². The number of aryl methyl sites for hydroxylation is 2. The number of hydrogen-bond donors (Lipinski definition) is 1. The molecule has 130 valence electrons. The van der Waals surface area contributed by atoms with Gasteiger partial charge in [-0.3, -0.25) is 9.48 Å². The first-order valence-electron chi connectivity index (χ1n) is 7.84. The van der Waals surface area contributed by atoms with Crippen molar-refractivity contribution in [1.29, 1.82) is 0 Å². The molecule has 4 rings (SSSR count). The molecule has 0 saturated carbocycles. The van der Waals surface area contributed by atoms with Crippen molar-refractivity contribution in [3.05, 3.63) is 59.9 Å². The normalized spacial score (nSPS) is 11.0. The maximum atomic E-state index is 13.3. The molecular formula is C18H14FN5O2. The van der Waals surface area contributed by atoms with Crippen molar-refractivity contribution in [2.24, 2.45) is 7.05 Å². The van der Waals surface area contributed by atoms with Crippen LogP contribution in [-0.2, 0) is 7.05 Å². The van der Waals surface area contributed by atoms with Crippen molar-refractivity contribution >= 4 is 22.6 Å². The van der Waals surface area contributed by atoms with Crippen molar-refractivity contribution in [3.63, 3.8) is 0 Å². The molecular weight excluding hydrogens is 337 g/mol. The van der Waals surface area contributed by atoms with Gasteiger partial charge in [0.1, 0.15) is 11.5 Å². The molecule has 0 aliphatic carbocycles. The second-order valence-corrected chi connectivity index (χ2v) is 5.85. The quantitative estimate of drug-likeness (QED) is 0.612. The molecule has 0 saturated heterocycles. The second kappa shape index (κ2) is 6.07. The number of nitrogens with zero attached hydrogens (tertiary/aromatic N) is 4. The zero-order chi connectivity index (χ0) is 18.3. The van der Waals surface area contributed by atoms with Crippen molar-refractivity contribution in [2.45, 2.75) is 6.92 Å². The lowest BCUT2D eigenvalue weighted by Gasteiger charge is -2.02. The van der Waals surface area contributed by atoms with E-state index in [1.165, 1.54) is 18.2 Å². The number of halogens is 1. The fourth-order valence-electron chi connectivity index (χ4n) is 2.74. The monoisotopic (exact) mass is 351 g/mol. The number of amides is 1. The number of hydrogen-bond acceptors (Lipinski definition) is 5. The smallest absolute Gasteiger partial charge is 0.294 e. The van der Waals surface area contributed by atoms with Crippen molar-refractivity contribution in [2.75, 3.05) is 5.32 Å². The molecule has 0 unspecified atom stereocenters. The van der Waals surface area contributed by atoms with Crippen molar-refractivity contribution in [1.82, 2.24) is 19.9 Å². The van der Waals surface area contributed by atoms with Crippen LogP contribution in [-0.4, -0.2) is 25.8 Å². The van der Waals surface area contributed by atoms with Crippen LogP contribution in [0.5, 0.6) is 0 Å². The van der Waals surface area contributed by atoms with Gasteiger partial charge in [-0.15, -0.1) is 0 Å². The Morgan fingerprint density at radius 3 is 2.92 bits per heavy atom. The number of aromatic nitrogens is 4. The summed E-state index contributed by atoms with van der Waals surface area (Å²) in [6.45, 7) is 1.87. The van der Waals surface area contributed by atoms with Gasteiger partial charge in [0.2, 0.25) is 5.76 Å². The van der Waals surface area contributed by atoms with Gasteiger partial charge in [0.05, 0.1) is 17.6 Å². The second-order valence-electron chi connectivity index (χ2n) is 5.85. The molecule has 0 aliphatic heterocycles. The number of nitrogens with one attached hydrogen (secondary N) is 1. The fourth-order valence-corrected chi connectivity index (χ4v) is 2.74. The van der Waals surface area contributed by atoms with Gasteiger partial charge < -0.3 is 9.84 Å². The molecule has 26 heavy (non-hydrogen) atoms. The van der Waals surface area contributed by atoms with Gasteiger partial charge in [0.25, 0.3) is 5.91 Å². The summed E-state index contributed by atoms with van der Waals surface area (Å²) in [4.78, 5) is 16.7. The number of carbonyl (C=O) groups is 1. The number of fused-ring (bicyclic) bond motifs is 1. The van der Waals surface area contributed by atoms with Gasteiger partial charge >= 0.3 is 0 Å². The lowest BCUT2D eigenvalue weighted by molar-refractivity contribution is 0.0988. The molecule has 7 nitrogen and oxygen atoms in total. The highest BCUT2D eigenvalue weighted by Crippen LogP contribution is 2.22. The minimum atomic E-state index is -0.470. The number of carbonyl (C=O) groups excluding carboxylic acids is 1. The van der Waals surface area contributed by atoms with Crippen LogP contribution in [0.1, 0.15) is 16.2 Å². The molecule has 0 atom stereocenters. The Kier molecular flexibility index (Phi) is 3.72. The lowest BCUT2D eigenvalue weighted by atomic mass is 10.1. The summed E-state index contributed by atoms with van der Waals surface area (Å²) in [6, 6.07) is 9.17. The molecule has 3 heterocycles. The fraction of sp³-hybridized carbons (Fsp3) is 0.111. The van der Waals surface area contributed by atoms with Crippen LogP contribution in [0, 0.1) is 12.7 Å². The molecule has 0 radical (unpaired) electrons. The summed E-state index contributed by atoms with van der Waals surface area (Å²) in [5.41, 5.74) is 2.98. The maximum Gasteiger partial charge on any atom is 0.294 e. The number of benzene rings is 1. The Morgan fingerprint density at radius 2 is 2.12 bits per heavy atom. The van der Waals surface area contributed by atoms with E-state index in [0.29, 0.717) is 16.9 Å². The van der Waals surface area contributed by atoms with Gasteiger partial charge in [-0.1, -0.05) is 17.3 Å². The van der Waals surface area contributed by atoms with Crippen LogP contribution in [0.2, 0.25) is 0 Å². The highest BCUT2D eigenvalue weighted by molar-refractivity contribution is 6.03. The summed E-state index contributed by atoms with van der Waals surface area (Å²) >= 11 is 0. The molecule has 0 spiro atoms. The molecule has 4 aromatic rings. The Labute approximate surface area is 147 Å². The van der Waals surface area contributed by atoms with Gasteiger partial charge in [0, 0.05) is 24.1 Å². The van der Waals surface area contributed by atoms with Crippen molar-refractivity contribution < 1.29 is 13.7 Å². The third-order valence-corrected chi connectivity index (χ3v) is 3.98. The SMILES string of the molecule is Cc1nn(C)c2ncc(NC(=O)c3cc(-c4cccc(F)c4)no3)cc12. The number of anilines is 1. The minimum absolute atomic E-state index is 0.0206. The van der Waals surface area contributed by atoms with E-state index in [-0.39, 0.29) is 11.6 Å². The van der Waals surface area contributed by atoms with Gasteiger partial charge in [0.15, 0.2) is 5.65 Å². The van der Waals surface area contributed by atoms with E-state index in [2.05, 4.69) is 20.6 Å². The molecule has 1 N–H and O–H groups in total. The standard InChI is InChI=1S/C18H14FN5O2/c1-10-14-7-13(9-20-17(14)24(2)22-10)21-18(25)16-8-15(23-26-16)11-4-3-5-12(19)6-11/h3-9H,1-2H3,(H,21,25). The van der Waals surface area contributed by atoms with Crippen LogP contribution >= 0.6 is 0 Å². The third-order valence-electron chi connectivity index (χ3n) is 3.98. The first-order chi connectivity index (χ1) is 12.5. The van der Waals surface area contributed by atoms with Gasteiger partial charge in [-0.05, 0) is 25.1 Å². The van der Waals surface area contributed by atoms with E-state index in [0.717, 1.165) is 16.7 Å². The summed E-state index contributed by atoms with van der Waals surface area (Å²) in [7, 11) is 1.81. The lowest BCUT2D eigenvalue weighted by Crippen LogP contribution is -2.11. The Balaban J connectivity index is 1.58. The molecule has 0 aliphatic rings. The molecule has 1 aromatic carbocycles. The molecule has 1 amide bonds. The number of rotatable bonds is 3. The molecule has 3 aromatic heterocycles. The molecule has 8 heteroatoms. The minimum Gasteiger partial charge on any atom is -0.350 e. The Morgan fingerprint density at radius 1 is 1.27 bits per heavy atom. The average Bonchev–Trinajstić information content (AvgIpc) is 3.21. The van der Waals surface area contributed by atoms with E-state index in [1.54, 1.807) is 29.1 Å². The first-order valence-corrected chi connectivity index (χ1v) is 7.84. The maximum absolute atomic E-state index is 13.3. The Hall–Kier alpha value is -3.55. The van der Waals surface area contributed by atoms with Crippen LogP contribution in [0.3, 0.4) is 0 Å². The average molecular weight is 351 g/mol. The summed E-state index contributed by atoms with van der Waals surface area (Å²) in [5, 5.41) is 11.7. The summed E-state index contributed by atoms with van der Waals surface area (Å²) in [6.07, 6.45) is 1.55. The van der Waals surface area contributed by atoms with Crippen LogP contribution in [0.25, 0.3) is 22.3 Å². The van der Waals surface area contributed by atoms with Crippen LogP contribution < -0.4 is 5.32 Å². The van der Waals surface area contributed by atoms with Gasteiger partial charge in [-0.25, -0.2) is 9.37 Å². The van der Waals surface area contributed by atoms with Crippen LogP contribution in [0.15, 0.2) is 47.1 Å². The highest BCUT2D eigenvalue weighted by atomic mass is 19.1. The van der Waals surface area contributed by atoms with E-state index < -0.39 is 5.91 Å².